The maximum atomic E-state index is 10.9. The summed E-state index contributed by atoms with van der Waals surface area (Å²) in [5.41, 5.74) is 8.72. The molecule has 1 amide bonds. The van der Waals surface area contributed by atoms with E-state index < -0.39 is 0 Å². The molecule has 1 heterocycles. The predicted molar refractivity (Wildman–Crippen MR) is 69.1 cm³/mol. The highest BCUT2D eigenvalue weighted by atomic mass is 35.5. The van der Waals surface area contributed by atoms with E-state index in [1.807, 2.05) is 13.1 Å². The Morgan fingerprint density at radius 1 is 1.62 bits per heavy atom. The number of thioether (sulfide) groups is 1. The Kier molecular flexibility index (Phi) is 4.62. The first-order valence-electron chi connectivity index (χ1n) is 5.08. The number of nitrogens with two attached hydrogens (primary N) is 1. The summed E-state index contributed by atoms with van der Waals surface area (Å²) in [5.74, 6) is 0. The number of halogens is 1. The van der Waals surface area contributed by atoms with Gasteiger partial charge in [0.2, 0.25) is 0 Å². The molecule has 1 atom stereocenters. The lowest BCUT2D eigenvalue weighted by atomic mass is 9.95. The molecule has 16 heavy (non-hydrogen) atoms. The number of hydrogen-bond donors (Lipinski definition) is 1. The van der Waals surface area contributed by atoms with Crippen LogP contribution >= 0.6 is 24.2 Å². The molecule has 2 rings (SSSR count). The van der Waals surface area contributed by atoms with Gasteiger partial charge in [0.25, 0.3) is 5.24 Å². The Morgan fingerprint density at radius 2 is 2.38 bits per heavy atom. The maximum absolute atomic E-state index is 10.9. The first-order chi connectivity index (χ1) is 7.16. The average molecular weight is 259 g/mol. The van der Waals surface area contributed by atoms with E-state index in [4.69, 9.17) is 5.73 Å². The summed E-state index contributed by atoms with van der Waals surface area (Å²) in [4.78, 5) is 15.3. The fraction of sp³-hybridized carbons (Fsp3) is 0.455. The van der Waals surface area contributed by atoms with Crippen LogP contribution in [0, 0.1) is 6.92 Å². The minimum absolute atomic E-state index is 0. The van der Waals surface area contributed by atoms with E-state index in [1.54, 1.807) is 0 Å². The molecule has 88 valence electrons. The second-order valence-electron chi connectivity index (χ2n) is 3.87. The van der Waals surface area contributed by atoms with Crippen LogP contribution in [0.4, 0.5) is 4.79 Å². The van der Waals surface area contributed by atoms with Crippen molar-refractivity contribution in [3.63, 3.8) is 0 Å². The number of carbonyl (C=O) groups is 1. The molecule has 1 aromatic heterocycles. The summed E-state index contributed by atoms with van der Waals surface area (Å²) in [6, 6.07) is 2.16. The van der Waals surface area contributed by atoms with Gasteiger partial charge in [-0.2, -0.15) is 0 Å². The molecule has 1 aliphatic carbocycles. The fourth-order valence-corrected chi connectivity index (χ4v) is 2.89. The molecule has 1 unspecified atom stereocenters. The Hall–Kier alpha value is -0.740. The molecular weight excluding hydrogens is 244 g/mol. The van der Waals surface area contributed by atoms with E-state index in [-0.39, 0.29) is 22.9 Å². The molecule has 3 nitrogen and oxygen atoms in total. The number of pyridine rings is 1. The van der Waals surface area contributed by atoms with Crippen LogP contribution in [0.5, 0.6) is 0 Å². The number of hydrogen-bond acceptors (Lipinski definition) is 3. The summed E-state index contributed by atoms with van der Waals surface area (Å²) in [5, 5.41) is -0.151. The molecule has 0 spiro atoms. The number of fused-ring (bicyclic) bond motifs is 1. The zero-order valence-corrected chi connectivity index (χ0v) is 10.7. The van der Waals surface area contributed by atoms with Gasteiger partial charge in [-0.15, -0.1) is 12.4 Å². The Labute approximate surface area is 106 Å². The van der Waals surface area contributed by atoms with E-state index in [9.17, 15) is 4.79 Å². The van der Waals surface area contributed by atoms with Crippen molar-refractivity contribution < 1.29 is 4.79 Å². The molecule has 2 N–H and O–H groups in total. The molecule has 0 aliphatic heterocycles. The molecular formula is C11H15ClN2OS. The van der Waals surface area contributed by atoms with Crippen LogP contribution in [0.15, 0.2) is 12.3 Å². The van der Waals surface area contributed by atoms with Crippen molar-refractivity contribution in [1.82, 2.24) is 4.98 Å². The van der Waals surface area contributed by atoms with E-state index in [0.717, 1.165) is 25.0 Å². The van der Waals surface area contributed by atoms with Crippen LogP contribution in [0.1, 0.15) is 34.9 Å². The van der Waals surface area contributed by atoms with Crippen molar-refractivity contribution in [3.8, 4) is 0 Å². The van der Waals surface area contributed by atoms with Gasteiger partial charge in [-0.25, -0.2) is 0 Å². The predicted octanol–water partition coefficient (Wildman–Crippen LogP) is 3.00. The largest absolute Gasteiger partial charge is 0.360 e. The molecule has 5 heteroatoms. The van der Waals surface area contributed by atoms with Gasteiger partial charge in [-0.3, -0.25) is 9.78 Å². The van der Waals surface area contributed by atoms with E-state index in [2.05, 4.69) is 11.1 Å². The van der Waals surface area contributed by atoms with Crippen LogP contribution in [-0.4, -0.2) is 10.2 Å². The number of primary amides is 1. The van der Waals surface area contributed by atoms with Crippen molar-refractivity contribution in [1.29, 1.82) is 0 Å². The number of nitrogens with zero attached hydrogens (tertiary/aromatic N) is 1. The molecule has 0 saturated heterocycles. The van der Waals surface area contributed by atoms with Gasteiger partial charge in [0.05, 0.1) is 10.9 Å². The summed E-state index contributed by atoms with van der Waals surface area (Å²) in [6.07, 6.45) is 5.04. The minimum Gasteiger partial charge on any atom is -0.360 e. The van der Waals surface area contributed by atoms with Gasteiger partial charge in [-0.1, -0.05) is 17.8 Å². The number of rotatable bonds is 1. The highest BCUT2D eigenvalue weighted by molar-refractivity contribution is 8.13. The quantitative estimate of drug-likeness (QED) is 0.843. The maximum Gasteiger partial charge on any atom is 0.277 e. The molecule has 0 saturated carbocycles. The fourth-order valence-electron chi connectivity index (χ4n) is 2.00. The SMILES string of the molecule is Cc1cnc2c(c1)CCCC2SC(N)=O.Cl. The molecule has 1 aliphatic rings. The third-order valence-corrected chi connectivity index (χ3v) is 3.59. The number of amides is 1. The zero-order valence-electron chi connectivity index (χ0n) is 9.10. The smallest absolute Gasteiger partial charge is 0.277 e. The molecule has 0 aromatic carbocycles. The van der Waals surface area contributed by atoms with Crippen LogP contribution < -0.4 is 5.73 Å². The first-order valence-corrected chi connectivity index (χ1v) is 5.96. The molecule has 0 bridgehead atoms. The van der Waals surface area contributed by atoms with Gasteiger partial charge in [0.1, 0.15) is 0 Å². The zero-order chi connectivity index (χ0) is 10.8. The second kappa shape index (κ2) is 5.55. The van der Waals surface area contributed by atoms with Crippen molar-refractivity contribution in [2.24, 2.45) is 5.73 Å². The van der Waals surface area contributed by atoms with Gasteiger partial charge in [-0.05, 0) is 37.3 Å². The van der Waals surface area contributed by atoms with Crippen molar-refractivity contribution >= 4 is 29.4 Å². The number of aromatic nitrogens is 1. The lowest BCUT2D eigenvalue weighted by molar-refractivity contribution is 0.267. The number of carbonyl (C=O) groups excluding carboxylic acids is 1. The normalized spacial score (nSPS) is 18.4. The average Bonchev–Trinajstić information content (AvgIpc) is 2.16. The summed E-state index contributed by atoms with van der Waals surface area (Å²) >= 11 is 1.20. The van der Waals surface area contributed by atoms with Gasteiger partial charge in [0, 0.05) is 6.20 Å². The van der Waals surface area contributed by atoms with Crippen molar-refractivity contribution in [2.45, 2.75) is 31.4 Å². The monoisotopic (exact) mass is 258 g/mol. The van der Waals surface area contributed by atoms with E-state index in [1.165, 1.54) is 22.9 Å². The minimum atomic E-state index is -0.310. The first kappa shape index (κ1) is 13.3. The van der Waals surface area contributed by atoms with Gasteiger partial charge >= 0.3 is 0 Å². The third-order valence-electron chi connectivity index (χ3n) is 2.61. The molecule has 1 aromatic rings. The standard InChI is InChI=1S/C11H14N2OS.ClH/c1-7-5-8-3-2-4-9(15-11(12)14)10(8)13-6-7;/h5-6,9H,2-4H2,1H3,(H2,12,14);1H. The summed E-state index contributed by atoms with van der Waals surface area (Å²) in [7, 11) is 0. The lowest BCUT2D eigenvalue weighted by Gasteiger charge is -2.22. The lowest BCUT2D eigenvalue weighted by Crippen LogP contribution is -2.14. The van der Waals surface area contributed by atoms with Crippen LogP contribution in [0.2, 0.25) is 0 Å². The Bertz CT molecular complexity index is 398. The van der Waals surface area contributed by atoms with Crippen LogP contribution in [-0.2, 0) is 6.42 Å². The van der Waals surface area contributed by atoms with Gasteiger partial charge < -0.3 is 5.73 Å². The topological polar surface area (TPSA) is 56.0 Å². The molecule has 0 fully saturated rings. The highest BCUT2D eigenvalue weighted by Gasteiger charge is 2.23. The van der Waals surface area contributed by atoms with Gasteiger partial charge in [0.15, 0.2) is 0 Å². The Balaban J connectivity index is 0.00000128. The van der Waals surface area contributed by atoms with Crippen LogP contribution in [0.25, 0.3) is 0 Å². The highest BCUT2D eigenvalue weighted by Crippen LogP contribution is 2.38. The summed E-state index contributed by atoms with van der Waals surface area (Å²) in [6.45, 7) is 2.04. The van der Waals surface area contributed by atoms with Crippen molar-refractivity contribution in [3.05, 3.63) is 29.1 Å². The van der Waals surface area contributed by atoms with Crippen LogP contribution in [0.3, 0.4) is 0 Å². The summed E-state index contributed by atoms with van der Waals surface area (Å²) < 4.78 is 0. The Morgan fingerprint density at radius 3 is 3.06 bits per heavy atom. The van der Waals surface area contributed by atoms with E-state index >= 15 is 0 Å². The third kappa shape index (κ3) is 2.89. The molecule has 0 radical (unpaired) electrons. The van der Waals surface area contributed by atoms with Crippen molar-refractivity contribution in [2.75, 3.05) is 0 Å². The number of aryl methyl sites for hydroxylation is 2. The second-order valence-corrected chi connectivity index (χ2v) is 5.08. The van der Waals surface area contributed by atoms with E-state index in [0.29, 0.717) is 0 Å².